The Hall–Kier alpha value is -1.14. The third kappa shape index (κ3) is 2.60. The molecule has 6 heteroatoms. The molecule has 2 fully saturated rings. The van der Waals surface area contributed by atoms with Crippen LogP contribution in [0.15, 0.2) is 0 Å². The van der Waals surface area contributed by atoms with Crippen LogP contribution >= 0.6 is 0 Å². The van der Waals surface area contributed by atoms with Crippen molar-refractivity contribution in [2.24, 2.45) is 11.1 Å². The second-order valence-electron chi connectivity index (χ2n) is 5.91. The van der Waals surface area contributed by atoms with Gasteiger partial charge in [0.05, 0.1) is 11.0 Å². The van der Waals surface area contributed by atoms with Gasteiger partial charge in [0.2, 0.25) is 5.91 Å². The Kier molecular flexibility index (Phi) is 3.82. The molecule has 0 bridgehead atoms. The summed E-state index contributed by atoms with van der Waals surface area (Å²) in [5.74, 6) is -1.09. The number of carbonyl (C=O) groups is 2. The minimum absolute atomic E-state index is 0.241. The lowest BCUT2D eigenvalue weighted by atomic mass is 9.83. The van der Waals surface area contributed by atoms with E-state index in [9.17, 15) is 14.7 Å². The van der Waals surface area contributed by atoms with E-state index in [0.29, 0.717) is 38.9 Å². The maximum Gasteiger partial charge on any atom is 0.311 e. The molecule has 0 spiro atoms. The summed E-state index contributed by atoms with van der Waals surface area (Å²) in [6.45, 7) is 2.65. The lowest BCUT2D eigenvalue weighted by molar-refractivity contribution is -0.149. The summed E-state index contributed by atoms with van der Waals surface area (Å²) in [5, 5.41) is 12.2. The second-order valence-corrected chi connectivity index (χ2v) is 5.91. The van der Waals surface area contributed by atoms with E-state index in [1.807, 2.05) is 0 Å². The Morgan fingerprint density at radius 1 is 1.32 bits per heavy atom. The fourth-order valence-electron chi connectivity index (χ4n) is 2.92. The molecule has 0 aromatic carbocycles. The summed E-state index contributed by atoms with van der Waals surface area (Å²) in [4.78, 5) is 23.7. The van der Waals surface area contributed by atoms with Crippen molar-refractivity contribution in [3.63, 3.8) is 0 Å². The molecule has 2 aliphatic rings. The normalized spacial score (nSPS) is 33.9. The molecular weight excluding hydrogens is 248 g/mol. The van der Waals surface area contributed by atoms with Crippen LogP contribution in [0.3, 0.4) is 0 Å². The van der Waals surface area contributed by atoms with Gasteiger partial charge in [-0.1, -0.05) is 6.42 Å². The van der Waals surface area contributed by atoms with Crippen LogP contribution in [-0.2, 0) is 14.3 Å². The van der Waals surface area contributed by atoms with E-state index in [1.165, 1.54) is 0 Å². The van der Waals surface area contributed by atoms with Crippen LogP contribution in [0.2, 0.25) is 0 Å². The van der Waals surface area contributed by atoms with Crippen molar-refractivity contribution in [3.05, 3.63) is 0 Å². The molecule has 1 aliphatic heterocycles. The molecule has 108 valence electrons. The molecule has 0 aromatic heterocycles. The van der Waals surface area contributed by atoms with E-state index in [0.717, 1.165) is 6.42 Å². The fourth-order valence-corrected chi connectivity index (χ4v) is 2.92. The standard InChI is InChI=1S/C13H22N2O4/c1-12(11(17)18)4-2-3-9(12)15-10(16)13(14)5-7-19-8-6-13/h9H,2-8,14H2,1H3,(H,15,16)(H,17,18). The van der Waals surface area contributed by atoms with E-state index in [2.05, 4.69) is 5.32 Å². The summed E-state index contributed by atoms with van der Waals surface area (Å²) < 4.78 is 5.21. The predicted octanol–water partition coefficient (Wildman–Crippen LogP) is 0.254. The largest absolute Gasteiger partial charge is 0.481 e. The fraction of sp³-hybridized carbons (Fsp3) is 0.846. The quantitative estimate of drug-likeness (QED) is 0.682. The monoisotopic (exact) mass is 270 g/mol. The van der Waals surface area contributed by atoms with Crippen molar-refractivity contribution in [3.8, 4) is 0 Å². The molecule has 19 heavy (non-hydrogen) atoms. The summed E-state index contributed by atoms with van der Waals surface area (Å²) in [7, 11) is 0. The van der Waals surface area contributed by atoms with E-state index >= 15 is 0 Å². The van der Waals surface area contributed by atoms with Crippen molar-refractivity contribution in [2.45, 2.75) is 50.6 Å². The number of hydrogen-bond acceptors (Lipinski definition) is 4. The topological polar surface area (TPSA) is 102 Å². The molecule has 0 radical (unpaired) electrons. The highest BCUT2D eigenvalue weighted by Crippen LogP contribution is 2.38. The number of carboxylic acid groups (broad SMARTS) is 1. The summed E-state index contributed by atoms with van der Waals surface area (Å²) in [6.07, 6.45) is 3.06. The van der Waals surface area contributed by atoms with Crippen LogP contribution in [0.4, 0.5) is 0 Å². The molecule has 6 nitrogen and oxygen atoms in total. The van der Waals surface area contributed by atoms with Crippen LogP contribution in [0.1, 0.15) is 39.0 Å². The number of rotatable bonds is 3. The second kappa shape index (κ2) is 5.09. The lowest BCUT2D eigenvalue weighted by Crippen LogP contribution is -2.60. The zero-order valence-corrected chi connectivity index (χ0v) is 11.3. The molecule has 2 rings (SSSR count). The molecule has 4 N–H and O–H groups in total. The van der Waals surface area contributed by atoms with Gasteiger partial charge in [-0.15, -0.1) is 0 Å². The lowest BCUT2D eigenvalue weighted by Gasteiger charge is -2.35. The smallest absolute Gasteiger partial charge is 0.311 e. The van der Waals surface area contributed by atoms with Crippen molar-refractivity contribution < 1.29 is 19.4 Å². The predicted molar refractivity (Wildman–Crippen MR) is 68.5 cm³/mol. The van der Waals surface area contributed by atoms with Crippen LogP contribution in [-0.4, -0.2) is 41.8 Å². The molecule has 1 saturated heterocycles. The zero-order valence-electron chi connectivity index (χ0n) is 11.3. The van der Waals surface area contributed by atoms with Gasteiger partial charge in [0.15, 0.2) is 0 Å². The van der Waals surface area contributed by atoms with Gasteiger partial charge in [0.1, 0.15) is 0 Å². The van der Waals surface area contributed by atoms with Crippen LogP contribution < -0.4 is 11.1 Å². The van der Waals surface area contributed by atoms with E-state index < -0.39 is 16.9 Å². The number of hydrogen-bond donors (Lipinski definition) is 3. The maximum atomic E-state index is 12.3. The molecule has 2 unspecified atom stereocenters. The first kappa shape index (κ1) is 14.3. The number of nitrogens with two attached hydrogens (primary N) is 1. The number of nitrogens with one attached hydrogen (secondary N) is 1. The minimum atomic E-state index is -0.916. The summed E-state index contributed by atoms with van der Waals surface area (Å²) >= 11 is 0. The molecule has 0 aromatic rings. The van der Waals surface area contributed by atoms with Crippen molar-refractivity contribution in [1.29, 1.82) is 0 Å². The minimum Gasteiger partial charge on any atom is -0.481 e. The number of ether oxygens (including phenoxy) is 1. The summed E-state index contributed by atoms with van der Waals surface area (Å²) in [6, 6.07) is -0.333. The first-order valence-electron chi connectivity index (χ1n) is 6.79. The third-order valence-corrected chi connectivity index (χ3v) is 4.59. The highest BCUT2D eigenvalue weighted by molar-refractivity contribution is 5.87. The van der Waals surface area contributed by atoms with Gasteiger partial charge in [0.25, 0.3) is 0 Å². The zero-order chi connectivity index (χ0) is 14.1. The molecule has 2 atom stereocenters. The Balaban J connectivity index is 2.04. The first-order valence-corrected chi connectivity index (χ1v) is 6.79. The van der Waals surface area contributed by atoms with E-state index in [1.54, 1.807) is 6.92 Å². The van der Waals surface area contributed by atoms with Crippen LogP contribution in [0.25, 0.3) is 0 Å². The Morgan fingerprint density at radius 3 is 2.53 bits per heavy atom. The average Bonchev–Trinajstić information content (AvgIpc) is 2.73. The SMILES string of the molecule is CC1(C(=O)O)CCCC1NC(=O)C1(N)CCOCC1. The number of carbonyl (C=O) groups excluding carboxylic acids is 1. The van der Waals surface area contributed by atoms with Gasteiger partial charge in [-0.05, 0) is 32.6 Å². The van der Waals surface area contributed by atoms with Crippen molar-refractivity contribution >= 4 is 11.9 Å². The number of amides is 1. The molecule has 1 heterocycles. The van der Waals surface area contributed by atoms with Gasteiger partial charge in [-0.2, -0.15) is 0 Å². The molecule has 1 saturated carbocycles. The van der Waals surface area contributed by atoms with Crippen molar-refractivity contribution in [1.82, 2.24) is 5.32 Å². The average molecular weight is 270 g/mol. The Morgan fingerprint density at radius 2 is 1.95 bits per heavy atom. The van der Waals surface area contributed by atoms with Gasteiger partial charge in [-0.3, -0.25) is 9.59 Å². The number of carboxylic acids is 1. The van der Waals surface area contributed by atoms with E-state index in [-0.39, 0.29) is 11.9 Å². The van der Waals surface area contributed by atoms with Crippen LogP contribution in [0, 0.1) is 5.41 Å². The maximum absolute atomic E-state index is 12.3. The van der Waals surface area contributed by atoms with Gasteiger partial charge >= 0.3 is 5.97 Å². The first-order chi connectivity index (χ1) is 8.88. The Bertz CT molecular complexity index is 379. The highest BCUT2D eigenvalue weighted by Gasteiger charge is 2.47. The van der Waals surface area contributed by atoms with Gasteiger partial charge in [-0.25, -0.2) is 0 Å². The van der Waals surface area contributed by atoms with Gasteiger partial charge < -0.3 is 20.9 Å². The van der Waals surface area contributed by atoms with Crippen molar-refractivity contribution in [2.75, 3.05) is 13.2 Å². The van der Waals surface area contributed by atoms with E-state index in [4.69, 9.17) is 10.5 Å². The highest BCUT2D eigenvalue weighted by atomic mass is 16.5. The molecule has 1 amide bonds. The molecule has 1 aliphatic carbocycles. The molecular formula is C13H22N2O4. The third-order valence-electron chi connectivity index (χ3n) is 4.59. The van der Waals surface area contributed by atoms with Crippen LogP contribution in [0.5, 0.6) is 0 Å². The Labute approximate surface area is 112 Å². The van der Waals surface area contributed by atoms with Gasteiger partial charge in [0, 0.05) is 19.3 Å². The number of aliphatic carboxylic acids is 1. The summed E-state index contributed by atoms with van der Waals surface area (Å²) in [5.41, 5.74) is 4.31.